The fourth-order valence-corrected chi connectivity index (χ4v) is 5.78. The van der Waals surface area contributed by atoms with E-state index >= 15 is 0 Å². The smallest absolute Gasteiger partial charge is 0.410 e. The number of hydrogen-bond donors (Lipinski definition) is 1. The van der Waals surface area contributed by atoms with Crippen LogP contribution in [-0.4, -0.2) is 62.1 Å². The molecule has 0 saturated carbocycles. The number of nitrogens with one attached hydrogen (secondary N) is 1. The Morgan fingerprint density at radius 3 is 2.79 bits per heavy atom. The molecular formula is C18H24N4O5S2. The van der Waals surface area contributed by atoms with Gasteiger partial charge < -0.3 is 15.0 Å². The van der Waals surface area contributed by atoms with Gasteiger partial charge in [-0.2, -0.15) is 5.26 Å². The van der Waals surface area contributed by atoms with Gasteiger partial charge >= 0.3 is 6.09 Å². The highest BCUT2D eigenvalue weighted by molar-refractivity contribution is 7.88. The molecule has 0 radical (unpaired) electrons. The van der Waals surface area contributed by atoms with Crippen molar-refractivity contribution in [2.75, 3.05) is 37.8 Å². The number of ether oxygens (including phenoxy) is 1. The molecule has 2 aliphatic rings. The molecule has 2 aliphatic heterocycles. The van der Waals surface area contributed by atoms with Gasteiger partial charge in [0, 0.05) is 24.5 Å². The van der Waals surface area contributed by atoms with Crippen LogP contribution in [0.2, 0.25) is 0 Å². The van der Waals surface area contributed by atoms with Gasteiger partial charge in [-0.25, -0.2) is 17.5 Å². The number of nitrogens with zero attached hydrogens (tertiary/aromatic N) is 3. The van der Waals surface area contributed by atoms with Gasteiger partial charge in [-0.05, 0) is 31.7 Å². The lowest BCUT2D eigenvalue weighted by molar-refractivity contribution is -0.120. The predicted molar refractivity (Wildman–Crippen MR) is 108 cm³/mol. The van der Waals surface area contributed by atoms with Gasteiger partial charge in [0.15, 0.2) is 0 Å². The molecule has 1 fully saturated rings. The van der Waals surface area contributed by atoms with E-state index in [1.54, 1.807) is 11.8 Å². The third-order valence-electron chi connectivity index (χ3n) is 5.16. The van der Waals surface area contributed by atoms with Crippen molar-refractivity contribution in [2.45, 2.75) is 32.7 Å². The third kappa shape index (κ3) is 4.71. The van der Waals surface area contributed by atoms with Crippen molar-refractivity contribution in [3.8, 4) is 6.07 Å². The number of hydrogen-bond acceptors (Lipinski definition) is 7. The Balaban J connectivity index is 1.74. The fourth-order valence-electron chi connectivity index (χ4n) is 3.65. The summed E-state index contributed by atoms with van der Waals surface area (Å²) < 4.78 is 29.9. The van der Waals surface area contributed by atoms with Crippen molar-refractivity contribution in [1.82, 2.24) is 9.21 Å². The third-order valence-corrected chi connectivity index (χ3v) is 7.56. The number of piperidine rings is 1. The molecular weight excluding hydrogens is 416 g/mol. The van der Waals surface area contributed by atoms with E-state index in [0.29, 0.717) is 56.1 Å². The molecule has 1 aromatic rings. The van der Waals surface area contributed by atoms with Gasteiger partial charge in [-0.15, -0.1) is 11.3 Å². The molecule has 1 aromatic heterocycles. The predicted octanol–water partition coefficient (Wildman–Crippen LogP) is 1.74. The number of anilines is 1. The van der Waals surface area contributed by atoms with Crippen LogP contribution in [0.3, 0.4) is 0 Å². The van der Waals surface area contributed by atoms with Crippen LogP contribution in [0, 0.1) is 17.2 Å². The van der Waals surface area contributed by atoms with Crippen molar-refractivity contribution in [3.05, 3.63) is 16.0 Å². The minimum Gasteiger partial charge on any atom is -0.450 e. The largest absolute Gasteiger partial charge is 0.450 e. The Hall–Kier alpha value is -2.16. The molecule has 0 aliphatic carbocycles. The highest BCUT2D eigenvalue weighted by Crippen LogP contribution is 2.37. The van der Waals surface area contributed by atoms with Crippen LogP contribution >= 0.6 is 11.3 Å². The van der Waals surface area contributed by atoms with Gasteiger partial charge in [0.1, 0.15) is 11.1 Å². The number of rotatable bonds is 4. The zero-order valence-corrected chi connectivity index (χ0v) is 18.1. The maximum Gasteiger partial charge on any atom is 0.410 e. The topological polar surface area (TPSA) is 120 Å². The minimum absolute atomic E-state index is 0.147. The molecule has 2 amide bonds. The summed E-state index contributed by atoms with van der Waals surface area (Å²) in [4.78, 5) is 27.2. The molecule has 0 bridgehead atoms. The molecule has 3 rings (SSSR count). The van der Waals surface area contributed by atoms with E-state index in [-0.39, 0.29) is 12.5 Å². The van der Waals surface area contributed by atoms with Gasteiger partial charge in [-0.3, -0.25) is 4.79 Å². The number of sulfonamides is 1. The van der Waals surface area contributed by atoms with Gasteiger partial charge in [0.05, 0.1) is 30.9 Å². The van der Waals surface area contributed by atoms with Crippen molar-refractivity contribution in [1.29, 1.82) is 5.26 Å². The van der Waals surface area contributed by atoms with Crippen molar-refractivity contribution < 1.29 is 22.7 Å². The first-order valence-electron chi connectivity index (χ1n) is 9.46. The second kappa shape index (κ2) is 8.69. The quantitative estimate of drug-likeness (QED) is 0.762. The van der Waals surface area contributed by atoms with E-state index in [1.807, 2.05) is 0 Å². The molecule has 158 valence electrons. The van der Waals surface area contributed by atoms with E-state index in [2.05, 4.69) is 11.4 Å². The molecule has 0 unspecified atom stereocenters. The Kier molecular flexibility index (Phi) is 6.45. The Morgan fingerprint density at radius 2 is 2.14 bits per heavy atom. The van der Waals surface area contributed by atoms with Crippen molar-refractivity contribution >= 4 is 38.4 Å². The lowest BCUT2D eigenvalue weighted by Gasteiger charge is -2.29. The van der Waals surface area contributed by atoms with E-state index < -0.39 is 22.0 Å². The van der Waals surface area contributed by atoms with Crippen LogP contribution in [-0.2, 0) is 32.5 Å². The molecule has 1 saturated heterocycles. The lowest BCUT2D eigenvalue weighted by Crippen LogP contribution is -2.43. The zero-order chi connectivity index (χ0) is 21.2. The molecule has 29 heavy (non-hydrogen) atoms. The van der Waals surface area contributed by atoms with Crippen molar-refractivity contribution in [2.24, 2.45) is 5.92 Å². The first kappa shape index (κ1) is 21.5. The van der Waals surface area contributed by atoms with Crippen LogP contribution in [0.1, 0.15) is 35.8 Å². The highest BCUT2D eigenvalue weighted by Gasteiger charge is 2.32. The second-order valence-corrected chi connectivity index (χ2v) is 10.2. The van der Waals surface area contributed by atoms with Crippen LogP contribution in [0.4, 0.5) is 9.80 Å². The number of carbonyl (C=O) groups excluding carboxylic acids is 2. The summed E-state index contributed by atoms with van der Waals surface area (Å²) in [6.07, 6.45) is 2.49. The fraction of sp³-hybridized carbons (Fsp3) is 0.611. The Morgan fingerprint density at radius 1 is 1.38 bits per heavy atom. The average molecular weight is 441 g/mol. The van der Waals surface area contributed by atoms with Crippen LogP contribution < -0.4 is 5.32 Å². The number of fused-ring (bicyclic) bond motifs is 1. The second-order valence-electron chi connectivity index (χ2n) is 7.14. The molecule has 0 spiro atoms. The zero-order valence-electron chi connectivity index (χ0n) is 16.4. The average Bonchev–Trinajstić information content (AvgIpc) is 3.03. The van der Waals surface area contributed by atoms with Gasteiger partial charge in [-0.1, -0.05) is 0 Å². The first-order valence-corrected chi connectivity index (χ1v) is 12.1. The van der Waals surface area contributed by atoms with E-state index in [4.69, 9.17) is 4.74 Å². The number of amides is 2. The SMILES string of the molecule is CCOC(=O)N1CCc2c(sc(NC(=O)[C@H]3CCCN(S(C)(=O)=O)C3)c2C#N)C1. The van der Waals surface area contributed by atoms with Crippen LogP contribution in [0.15, 0.2) is 0 Å². The maximum atomic E-state index is 12.8. The monoisotopic (exact) mass is 440 g/mol. The van der Waals surface area contributed by atoms with Gasteiger partial charge in [0.25, 0.3) is 0 Å². The number of nitriles is 1. The van der Waals surface area contributed by atoms with Crippen molar-refractivity contribution in [3.63, 3.8) is 0 Å². The van der Waals surface area contributed by atoms with Crippen LogP contribution in [0.5, 0.6) is 0 Å². The molecule has 0 aromatic carbocycles. The summed E-state index contributed by atoms with van der Waals surface area (Å²) in [5.74, 6) is -0.740. The summed E-state index contributed by atoms with van der Waals surface area (Å²) in [5, 5.41) is 12.9. The molecule has 9 nitrogen and oxygen atoms in total. The molecule has 1 N–H and O–H groups in total. The Bertz CT molecular complexity index is 950. The van der Waals surface area contributed by atoms with E-state index in [9.17, 15) is 23.3 Å². The van der Waals surface area contributed by atoms with Gasteiger partial charge in [0.2, 0.25) is 15.9 Å². The normalized spacial score (nSPS) is 19.9. The number of thiophene rings is 1. The molecule has 1 atom stereocenters. The first-order chi connectivity index (χ1) is 13.7. The Labute approximate surface area is 174 Å². The standard InChI is InChI=1S/C18H24N4O5S2/c1-3-27-18(24)21-8-6-13-14(9-19)17(28-15(13)11-21)20-16(23)12-5-4-7-22(10-12)29(2,25)26/h12H,3-8,10-11H2,1-2H3,(H,20,23)/t12-/m0/s1. The number of carbonyl (C=O) groups is 2. The summed E-state index contributed by atoms with van der Waals surface area (Å²) in [5.41, 5.74) is 1.28. The highest BCUT2D eigenvalue weighted by atomic mass is 32.2. The lowest BCUT2D eigenvalue weighted by atomic mass is 9.98. The molecule has 3 heterocycles. The maximum absolute atomic E-state index is 12.8. The summed E-state index contributed by atoms with van der Waals surface area (Å²) in [6.45, 7) is 3.40. The molecule has 11 heteroatoms. The summed E-state index contributed by atoms with van der Waals surface area (Å²) in [7, 11) is -3.35. The van der Waals surface area contributed by atoms with E-state index in [1.165, 1.54) is 15.6 Å². The van der Waals surface area contributed by atoms with Crippen LogP contribution in [0.25, 0.3) is 0 Å². The van der Waals surface area contributed by atoms with E-state index in [0.717, 1.165) is 16.7 Å². The summed E-state index contributed by atoms with van der Waals surface area (Å²) >= 11 is 1.29. The minimum atomic E-state index is -3.35. The summed E-state index contributed by atoms with van der Waals surface area (Å²) in [6, 6.07) is 2.17.